The number of nitrogens with two attached hydrogens (primary N) is 1. The summed E-state index contributed by atoms with van der Waals surface area (Å²) in [5.41, 5.74) is 5.45. The van der Waals surface area contributed by atoms with Crippen LogP contribution in [0.5, 0.6) is 0 Å². The molecule has 0 saturated heterocycles. The fourth-order valence-electron chi connectivity index (χ4n) is 3.21. The number of thiophene rings is 1. The number of hydrogen-bond acceptors (Lipinski definition) is 8. The molecule has 0 aromatic carbocycles. The molecular formula is C19H14F2N6O5S. The highest BCUT2D eigenvalue weighted by Gasteiger charge is 2.26. The van der Waals surface area contributed by atoms with Crippen LogP contribution in [0.25, 0.3) is 21.5 Å². The fourth-order valence-corrected chi connectivity index (χ4v) is 4.22. The van der Waals surface area contributed by atoms with Gasteiger partial charge in [0.2, 0.25) is 5.91 Å². The van der Waals surface area contributed by atoms with E-state index in [0.717, 1.165) is 22.1 Å². The molecule has 14 heteroatoms. The highest BCUT2D eigenvalue weighted by atomic mass is 32.1. The molecule has 0 fully saturated rings. The average molecular weight is 476 g/mol. The third-order valence-corrected chi connectivity index (χ3v) is 5.73. The van der Waals surface area contributed by atoms with E-state index in [2.05, 4.69) is 15.4 Å². The third-order valence-electron chi connectivity index (χ3n) is 4.63. The molecule has 4 aromatic rings. The number of nitrogens with zero attached hydrogens (tertiary/aromatic N) is 4. The first-order valence-corrected chi connectivity index (χ1v) is 10.0. The number of amides is 2. The fraction of sp³-hybridized carbons (Fsp3) is 0.158. The number of alkyl halides is 2. The molecule has 0 unspecified atom stereocenters. The van der Waals surface area contributed by atoms with Gasteiger partial charge < -0.3 is 25.6 Å². The van der Waals surface area contributed by atoms with Gasteiger partial charge in [0.05, 0.1) is 28.8 Å². The van der Waals surface area contributed by atoms with Gasteiger partial charge >= 0.3 is 5.82 Å². The Morgan fingerprint density at radius 2 is 2.15 bits per heavy atom. The Bertz CT molecular complexity index is 1400. The van der Waals surface area contributed by atoms with Crippen molar-refractivity contribution in [1.82, 2.24) is 14.8 Å². The smallest absolute Gasteiger partial charge is 0.390 e. The highest BCUT2D eigenvalue weighted by molar-refractivity contribution is 7.21. The Morgan fingerprint density at radius 3 is 2.73 bits per heavy atom. The Hall–Kier alpha value is -4.20. The molecule has 0 radical (unpaired) electrons. The second-order valence-electron chi connectivity index (χ2n) is 6.83. The van der Waals surface area contributed by atoms with Gasteiger partial charge in [-0.05, 0) is 30.0 Å². The summed E-state index contributed by atoms with van der Waals surface area (Å²) in [4.78, 5) is 38.9. The quantitative estimate of drug-likeness (QED) is 0.304. The largest absolute Gasteiger partial charge is 0.464 e. The van der Waals surface area contributed by atoms with E-state index in [0.29, 0.717) is 5.69 Å². The van der Waals surface area contributed by atoms with Gasteiger partial charge in [-0.25, -0.2) is 13.8 Å². The summed E-state index contributed by atoms with van der Waals surface area (Å²) < 4.78 is 33.3. The van der Waals surface area contributed by atoms with Crippen LogP contribution in [0.2, 0.25) is 0 Å². The topological polar surface area (TPSA) is 159 Å². The molecular weight excluding hydrogens is 462 g/mol. The zero-order valence-corrected chi connectivity index (χ0v) is 17.6. The van der Waals surface area contributed by atoms with Gasteiger partial charge in [-0.15, -0.1) is 11.3 Å². The number of nitro groups is 1. The summed E-state index contributed by atoms with van der Waals surface area (Å²) >= 11 is 0.747. The van der Waals surface area contributed by atoms with Crippen LogP contribution >= 0.6 is 11.3 Å². The van der Waals surface area contributed by atoms with Gasteiger partial charge in [0.25, 0.3) is 12.3 Å². The molecule has 4 rings (SSSR count). The van der Waals surface area contributed by atoms with E-state index in [-0.39, 0.29) is 32.1 Å². The standard InChI is InChI=1S/C19H14F2N6O5S/c1-8-5-12(27(30)31)25-26(8)7-13(28)24-15-14-9(11-3-2-4-32-11)6-10(17(20)21)23-19(14)33-16(15)18(22)29/h2-6,17H,7H2,1H3,(H2,22,29)(H,24,28). The first-order valence-electron chi connectivity index (χ1n) is 9.23. The number of hydrogen-bond donors (Lipinski definition) is 2. The number of pyridine rings is 1. The Balaban J connectivity index is 1.81. The maximum absolute atomic E-state index is 13.4. The zero-order chi connectivity index (χ0) is 23.9. The summed E-state index contributed by atoms with van der Waals surface area (Å²) in [6.45, 7) is 1.13. The van der Waals surface area contributed by atoms with Crippen molar-refractivity contribution >= 4 is 44.9 Å². The maximum Gasteiger partial charge on any atom is 0.390 e. The average Bonchev–Trinajstić information content (AvgIpc) is 3.47. The van der Waals surface area contributed by atoms with Crippen molar-refractivity contribution in [1.29, 1.82) is 0 Å². The zero-order valence-electron chi connectivity index (χ0n) is 16.7. The van der Waals surface area contributed by atoms with Crippen molar-refractivity contribution in [2.75, 3.05) is 5.32 Å². The van der Waals surface area contributed by atoms with Crippen LogP contribution in [-0.2, 0) is 11.3 Å². The minimum Gasteiger partial charge on any atom is -0.464 e. The molecule has 33 heavy (non-hydrogen) atoms. The number of nitrogens with one attached hydrogen (secondary N) is 1. The van der Waals surface area contributed by atoms with Gasteiger partial charge in [0, 0.05) is 10.9 Å². The highest BCUT2D eigenvalue weighted by Crippen LogP contribution is 2.42. The molecule has 170 valence electrons. The molecule has 11 nitrogen and oxygen atoms in total. The lowest BCUT2D eigenvalue weighted by atomic mass is 10.1. The van der Waals surface area contributed by atoms with E-state index < -0.39 is 41.2 Å². The second kappa shape index (κ2) is 8.38. The molecule has 4 heterocycles. The number of furan rings is 1. The SMILES string of the molecule is Cc1cc([N+](=O)[O-])nn1CC(=O)Nc1c(C(N)=O)sc2nc(C(F)F)cc(-c3ccco3)c12. The van der Waals surface area contributed by atoms with Crippen molar-refractivity contribution in [3.63, 3.8) is 0 Å². The number of carbonyl (C=O) groups is 2. The Kier molecular flexibility index (Phi) is 5.59. The minimum absolute atomic E-state index is 0.0217. The van der Waals surface area contributed by atoms with Crippen molar-refractivity contribution in [3.05, 3.63) is 56.9 Å². The Morgan fingerprint density at radius 1 is 1.39 bits per heavy atom. The van der Waals surface area contributed by atoms with E-state index in [1.54, 1.807) is 6.07 Å². The van der Waals surface area contributed by atoms with Gasteiger partial charge in [-0.2, -0.15) is 4.68 Å². The lowest BCUT2D eigenvalue weighted by molar-refractivity contribution is -0.389. The number of aryl methyl sites for hydroxylation is 1. The molecule has 0 aliphatic rings. The molecule has 0 saturated carbocycles. The molecule has 0 spiro atoms. The van der Waals surface area contributed by atoms with E-state index in [1.165, 1.54) is 25.3 Å². The summed E-state index contributed by atoms with van der Waals surface area (Å²) in [7, 11) is 0. The number of carbonyl (C=O) groups excluding carboxylic acids is 2. The second-order valence-corrected chi connectivity index (χ2v) is 7.83. The number of anilines is 1. The molecule has 2 amide bonds. The van der Waals surface area contributed by atoms with Gasteiger partial charge in [-0.1, -0.05) is 0 Å². The van der Waals surface area contributed by atoms with Crippen molar-refractivity contribution < 1.29 is 27.7 Å². The van der Waals surface area contributed by atoms with E-state index >= 15 is 0 Å². The summed E-state index contributed by atoms with van der Waals surface area (Å²) in [6.07, 6.45) is -1.55. The summed E-state index contributed by atoms with van der Waals surface area (Å²) in [5, 5.41) is 17.4. The molecule has 3 N–H and O–H groups in total. The molecule has 0 aliphatic heterocycles. The van der Waals surface area contributed by atoms with Crippen LogP contribution in [0.15, 0.2) is 34.9 Å². The number of fused-ring (bicyclic) bond motifs is 1. The van der Waals surface area contributed by atoms with Crippen LogP contribution in [-0.4, -0.2) is 31.5 Å². The van der Waals surface area contributed by atoms with Crippen LogP contribution < -0.4 is 11.1 Å². The monoisotopic (exact) mass is 476 g/mol. The van der Waals surface area contributed by atoms with Gasteiger partial charge in [0.15, 0.2) is 0 Å². The Labute approximate surface area is 187 Å². The van der Waals surface area contributed by atoms with Crippen molar-refractivity contribution in [2.45, 2.75) is 19.9 Å². The number of primary amides is 1. The first-order chi connectivity index (χ1) is 15.7. The van der Waals surface area contributed by atoms with E-state index in [1.807, 2.05) is 0 Å². The third kappa shape index (κ3) is 4.15. The van der Waals surface area contributed by atoms with Gasteiger partial charge in [-0.3, -0.25) is 9.59 Å². The van der Waals surface area contributed by atoms with Crippen molar-refractivity contribution in [2.24, 2.45) is 5.73 Å². The molecule has 0 aliphatic carbocycles. The van der Waals surface area contributed by atoms with Crippen LogP contribution in [0.1, 0.15) is 27.5 Å². The van der Waals surface area contributed by atoms with E-state index in [4.69, 9.17) is 10.2 Å². The molecule has 0 atom stereocenters. The first kappa shape index (κ1) is 22.0. The van der Waals surface area contributed by atoms with Crippen LogP contribution in [0.3, 0.4) is 0 Å². The minimum atomic E-state index is -2.89. The normalized spacial score (nSPS) is 11.3. The van der Waals surface area contributed by atoms with E-state index in [9.17, 15) is 28.5 Å². The van der Waals surface area contributed by atoms with Crippen LogP contribution in [0, 0.1) is 17.0 Å². The van der Waals surface area contributed by atoms with Gasteiger partial charge in [0.1, 0.15) is 27.7 Å². The summed E-state index contributed by atoms with van der Waals surface area (Å²) in [5.74, 6) is -1.79. The number of halogens is 2. The predicted octanol–water partition coefficient (Wildman–Crippen LogP) is 3.64. The molecule has 4 aromatic heterocycles. The van der Waals surface area contributed by atoms with Crippen LogP contribution in [0.4, 0.5) is 20.3 Å². The number of rotatable bonds is 7. The lowest BCUT2D eigenvalue weighted by Gasteiger charge is -2.09. The molecule has 0 bridgehead atoms. The summed E-state index contributed by atoms with van der Waals surface area (Å²) in [6, 6.07) is 5.40. The number of aromatic nitrogens is 3. The lowest BCUT2D eigenvalue weighted by Crippen LogP contribution is -2.22. The predicted molar refractivity (Wildman–Crippen MR) is 113 cm³/mol. The van der Waals surface area contributed by atoms with Crippen molar-refractivity contribution in [3.8, 4) is 11.3 Å². The maximum atomic E-state index is 13.4.